The highest BCUT2D eigenvalue weighted by atomic mass is 32.2. The zero-order valence-electron chi connectivity index (χ0n) is 18.5. The predicted octanol–water partition coefficient (Wildman–Crippen LogP) is 3.65. The molecule has 0 bridgehead atoms. The topological polar surface area (TPSA) is 102 Å². The van der Waals surface area contributed by atoms with E-state index in [1.807, 2.05) is 0 Å². The van der Waals surface area contributed by atoms with Gasteiger partial charge in [-0.05, 0) is 50.1 Å². The molecule has 0 aliphatic carbocycles. The molecule has 0 aliphatic heterocycles. The van der Waals surface area contributed by atoms with Gasteiger partial charge in [-0.15, -0.1) is 0 Å². The number of ether oxygens (including phenoxy) is 1. The monoisotopic (exact) mass is 457 g/mol. The summed E-state index contributed by atoms with van der Waals surface area (Å²) in [5.74, 6) is 0. The fourth-order valence-electron chi connectivity index (χ4n) is 3.18. The van der Waals surface area contributed by atoms with E-state index in [1.165, 1.54) is 29.6 Å². The summed E-state index contributed by atoms with van der Waals surface area (Å²) in [4.78, 5) is 17.7. The number of aliphatic hydroxyl groups excluding tert-OH is 1. The largest absolute Gasteiger partial charge is 0.444 e. The summed E-state index contributed by atoms with van der Waals surface area (Å²) in [5, 5.41) is 9.79. The third-order valence-corrected chi connectivity index (χ3v) is 6.28. The standard InChI is InChI=1S/C23H27N3O5S/c1-23(2,3)31-22(28)25(4)14-17-12-21(20-10-6-5-8-18(20)16-27)26(15-17)32(29,30)19-9-7-11-24-13-19/h5-13,15,27H,14,16H2,1-4H3. The van der Waals surface area contributed by atoms with Crippen LogP contribution >= 0.6 is 0 Å². The van der Waals surface area contributed by atoms with Gasteiger partial charge in [-0.25, -0.2) is 17.2 Å². The van der Waals surface area contributed by atoms with Crippen molar-refractivity contribution in [3.63, 3.8) is 0 Å². The Morgan fingerprint density at radius 2 is 1.91 bits per heavy atom. The second kappa shape index (κ2) is 9.13. The highest BCUT2D eigenvalue weighted by Gasteiger charge is 2.25. The fraction of sp³-hybridized carbons (Fsp3) is 0.304. The third-order valence-electron chi connectivity index (χ3n) is 4.62. The summed E-state index contributed by atoms with van der Waals surface area (Å²) in [7, 11) is -2.38. The molecule has 32 heavy (non-hydrogen) atoms. The number of hydrogen-bond donors (Lipinski definition) is 1. The van der Waals surface area contributed by atoms with Crippen molar-refractivity contribution in [3.8, 4) is 11.3 Å². The average molecular weight is 458 g/mol. The van der Waals surface area contributed by atoms with Gasteiger partial charge in [0, 0.05) is 31.2 Å². The van der Waals surface area contributed by atoms with Crippen molar-refractivity contribution in [2.24, 2.45) is 0 Å². The van der Waals surface area contributed by atoms with Gasteiger partial charge >= 0.3 is 6.09 Å². The summed E-state index contributed by atoms with van der Waals surface area (Å²) < 4.78 is 33.4. The maximum atomic E-state index is 13.4. The van der Waals surface area contributed by atoms with Crippen LogP contribution in [0.5, 0.6) is 0 Å². The third kappa shape index (κ3) is 5.17. The van der Waals surface area contributed by atoms with Gasteiger partial charge in [0.2, 0.25) is 0 Å². The minimum absolute atomic E-state index is 0.0328. The van der Waals surface area contributed by atoms with Crippen LogP contribution in [0.25, 0.3) is 11.3 Å². The Hall–Kier alpha value is -3.17. The lowest BCUT2D eigenvalue weighted by atomic mass is 10.1. The number of amides is 1. The molecule has 0 spiro atoms. The molecule has 0 unspecified atom stereocenters. The molecular weight excluding hydrogens is 430 g/mol. The second-order valence-electron chi connectivity index (χ2n) is 8.37. The Balaban J connectivity index is 2.08. The summed E-state index contributed by atoms with van der Waals surface area (Å²) in [6, 6.07) is 11.7. The highest BCUT2D eigenvalue weighted by molar-refractivity contribution is 7.90. The van der Waals surface area contributed by atoms with E-state index in [0.717, 1.165) is 3.97 Å². The van der Waals surface area contributed by atoms with E-state index in [4.69, 9.17) is 4.74 Å². The van der Waals surface area contributed by atoms with E-state index in [-0.39, 0.29) is 18.0 Å². The molecule has 3 rings (SSSR count). The van der Waals surface area contributed by atoms with Gasteiger partial charge in [0.25, 0.3) is 10.0 Å². The molecule has 0 radical (unpaired) electrons. The molecule has 1 aromatic carbocycles. The molecule has 8 nitrogen and oxygen atoms in total. The molecule has 2 aromatic heterocycles. The van der Waals surface area contributed by atoms with E-state index in [9.17, 15) is 18.3 Å². The molecule has 0 saturated carbocycles. The van der Waals surface area contributed by atoms with Gasteiger partial charge in [0.1, 0.15) is 10.5 Å². The number of carbonyl (C=O) groups excluding carboxylic acids is 1. The number of aromatic nitrogens is 2. The van der Waals surface area contributed by atoms with Crippen LogP contribution < -0.4 is 0 Å². The number of carbonyl (C=O) groups is 1. The van der Waals surface area contributed by atoms with Crippen LogP contribution in [0, 0.1) is 0 Å². The number of nitrogens with zero attached hydrogens (tertiary/aromatic N) is 3. The van der Waals surface area contributed by atoms with Crippen LogP contribution in [-0.4, -0.2) is 46.1 Å². The smallest absolute Gasteiger partial charge is 0.410 e. The first-order valence-electron chi connectivity index (χ1n) is 10.0. The Morgan fingerprint density at radius 3 is 2.53 bits per heavy atom. The molecular formula is C23H27N3O5S. The minimum Gasteiger partial charge on any atom is -0.444 e. The Kier molecular flexibility index (Phi) is 6.71. The van der Waals surface area contributed by atoms with Crippen molar-refractivity contribution >= 4 is 16.1 Å². The number of benzene rings is 1. The van der Waals surface area contributed by atoms with E-state index >= 15 is 0 Å². The number of rotatable bonds is 6. The first-order valence-corrected chi connectivity index (χ1v) is 11.5. The summed E-state index contributed by atoms with van der Waals surface area (Å²) in [5.41, 5.74) is 1.49. The van der Waals surface area contributed by atoms with Gasteiger partial charge < -0.3 is 14.7 Å². The Bertz CT molecular complexity index is 1200. The maximum Gasteiger partial charge on any atom is 0.410 e. The number of pyridine rings is 1. The lowest BCUT2D eigenvalue weighted by Gasteiger charge is -2.24. The first kappa shape index (κ1) is 23.5. The summed E-state index contributed by atoms with van der Waals surface area (Å²) in [6.45, 7) is 5.22. The maximum absolute atomic E-state index is 13.4. The van der Waals surface area contributed by atoms with Crippen molar-refractivity contribution in [3.05, 3.63) is 72.2 Å². The van der Waals surface area contributed by atoms with E-state index < -0.39 is 21.7 Å². The van der Waals surface area contributed by atoms with Crippen LogP contribution in [0.3, 0.4) is 0 Å². The van der Waals surface area contributed by atoms with E-state index in [0.29, 0.717) is 22.4 Å². The van der Waals surface area contributed by atoms with Gasteiger partial charge in [-0.1, -0.05) is 24.3 Å². The molecule has 0 atom stereocenters. The van der Waals surface area contributed by atoms with Crippen LogP contribution in [0.2, 0.25) is 0 Å². The van der Waals surface area contributed by atoms with Crippen LogP contribution in [-0.2, 0) is 27.9 Å². The number of aliphatic hydroxyl groups is 1. The molecule has 0 aliphatic rings. The lowest BCUT2D eigenvalue weighted by molar-refractivity contribution is 0.0285. The van der Waals surface area contributed by atoms with Crippen molar-refractivity contribution in [2.75, 3.05) is 7.05 Å². The van der Waals surface area contributed by atoms with Gasteiger partial charge in [-0.3, -0.25) is 4.98 Å². The predicted molar refractivity (Wildman–Crippen MR) is 120 cm³/mol. The quantitative estimate of drug-likeness (QED) is 0.606. The van der Waals surface area contributed by atoms with Crippen molar-refractivity contribution in [2.45, 2.75) is 44.4 Å². The molecule has 1 N–H and O–H groups in total. The Morgan fingerprint density at radius 1 is 1.19 bits per heavy atom. The van der Waals surface area contributed by atoms with Crippen LogP contribution in [0.1, 0.15) is 31.9 Å². The SMILES string of the molecule is CN(Cc1cc(-c2ccccc2CO)n(S(=O)(=O)c2cccnc2)c1)C(=O)OC(C)(C)C. The lowest BCUT2D eigenvalue weighted by Crippen LogP contribution is -2.33. The number of hydrogen-bond acceptors (Lipinski definition) is 6. The highest BCUT2D eigenvalue weighted by Crippen LogP contribution is 2.30. The van der Waals surface area contributed by atoms with Crippen LogP contribution in [0.15, 0.2) is 66.0 Å². The van der Waals surface area contributed by atoms with Crippen LogP contribution in [0.4, 0.5) is 4.79 Å². The second-order valence-corrected chi connectivity index (χ2v) is 10.2. The zero-order chi connectivity index (χ0) is 23.5. The molecule has 0 saturated heterocycles. The minimum atomic E-state index is -3.97. The molecule has 1 amide bonds. The van der Waals surface area contributed by atoms with Crippen molar-refractivity contribution < 1.29 is 23.1 Å². The normalized spacial score (nSPS) is 11.9. The zero-order valence-corrected chi connectivity index (χ0v) is 19.3. The first-order chi connectivity index (χ1) is 15.0. The summed E-state index contributed by atoms with van der Waals surface area (Å²) in [6.07, 6.45) is 3.74. The molecule has 2 heterocycles. The molecule has 3 aromatic rings. The summed E-state index contributed by atoms with van der Waals surface area (Å²) >= 11 is 0. The van der Waals surface area contributed by atoms with E-state index in [2.05, 4.69) is 4.98 Å². The van der Waals surface area contributed by atoms with E-state index in [1.54, 1.807) is 64.2 Å². The molecule has 9 heteroatoms. The van der Waals surface area contributed by atoms with Crippen molar-refractivity contribution in [1.82, 2.24) is 13.9 Å². The molecule has 170 valence electrons. The van der Waals surface area contributed by atoms with Gasteiger partial charge in [0.05, 0.1) is 18.8 Å². The fourth-order valence-corrected chi connectivity index (χ4v) is 4.53. The van der Waals surface area contributed by atoms with Crippen molar-refractivity contribution in [1.29, 1.82) is 0 Å². The average Bonchev–Trinajstić information content (AvgIpc) is 3.17. The Labute approximate surface area is 188 Å². The van der Waals surface area contributed by atoms with Gasteiger partial charge in [0.15, 0.2) is 0 Å². The molecule has 0 fully saturated rings. The van der Waals surface area contributed by atoms with Gasteiger partial charge in [-0.2, -0.15) is 0 Å².